The van der Waals surface area contributed by atoms with Gasteiger partial charge in [0.25, 0.3) is 0 Å². The summed E-state index contributed by atoms with van der Waals surface area (Å²) in [5, 5.41) is 0. The summed E-state index contributed by atoms with van der Waals surface area (Å²) >= 11 is 0. The smallest absolute Gasteiger partial charge is 0.344 e. The van der Waals surface area contributed by atoms with Gasteiger partial charge >= 0.3 is 8.56 Å². The van der Waals surface area contributed by atoms with Crippen molar-refractivity contribution in [3.63, 3.8) is 0 Å². The number of hydrogen-bond acceptors (Lipinski definition) is 2. The number of hydrogen-bond donors (Lipinski definition) is 0. The zero-order valence-electron chi connectivity index (χ0n) is 14.3. The van der Waals surface area contributed by atoms with Crippen molar-refractivity contribution < 1.29 is 8.85 Å². The van der Waals surface area contributed by atoms with E-state index in [1.165, 1.54) is 5.56 Å². The van der Waals surface area contributed by atoms with Crippen molar-refractivity contribution in [3.05, 3.63) is 60.2 Å². The summed E-state index contributed by atoms with van der Waals surface area (Å²) in [6.07, 6.45) is 8.44. The van der Waals surface area contributed by atoms with Gasteiger partial charge in [-0.05, 0) is 23.6 Å². The Morgan fingerprint density at radius 1 is 0.955 bits per heavy atom. The third kappa shape index (κ3) is 3.59. The molecule has 1 aromatic carbocycles. The van der Waals surface area contributed by atoms with Crippen LogP contribution in [-0.4, -0.2) is 14.7 Å². The molecule has 1 heterocycles. The van der Waals surface area contributed by atoms with Gasteiger partial charge in [0.2, 0.25) is 0 Å². The summed E-state index contributed by atoms with van der Waals surface area (Å²) in [5.74, 6) is 0. The molecule has 22 heavy (non-hydrogen) atoms. The van der Waals surface area contributed by atoms with Crippen molar-refractivity contribution in [2.75, 3.05) is 0 Å². The maximum absolute atomic E-state index is 6.68. The molecule has 0 amide bonds. The van der Waals surface area contributed by atoms with Crippen molar-refractivity contribution in [1.82, 2.24) is 0 Å². The average Bonchev–Trinajstić information content (AvgIpc) is 2.69. The maximum Gasteiger partial charge on any atom is 0.344 e. The van der Waals surface area contributed by atoms with Crippen LogP contribution in [0.3, 0.4) is 0 Å². The molecule has 3 heteroatoms. The fourth-order valence-corrected chi connectivity index (χ4v) is 6.73. The van der Waals surface area contributed by atoms with Gasteiger partial charge in [-0.15, -0.1) is 0 Å². The highest BCUT2D eigenvalue weighted by Gasteiger charge is 2.48. The molecule has 0 spiro atoms. The lowest BCUT2D eigenvalue weighted by Gasteiger charge is -2.39. The molecular weight excluding hydrogens is 288 g/mol. The first-order valence-electron chi connectivity index (χ1n) is 8.21. The third-order valence-electron chi connectivity index (χ3n) is 4.23. The molecule has 0 fully saturated rings. The zero-order valence-corrected chi connectivity index (χ0v) is 15.3. The second-order valence-corrected chi connectivity index (χ2v) is 10.7. The minimum absolute atomic E-state index is 0.00942. The molecule has 0 aliphatic carbocycles. The predicted molar refractivity (Wildman–Crippen MR) is 95.0 cm³/mol. The number of allylic oxidation sites excluding steroid dienone is 1. The first-order valence-corrected chi connectivity index (χ1v) is 10.2. The molecule has 1 aromatic rings. The lowest BCUT2D eigenvalue weighted by molar-refractivity contribution is 0.126. The molecule has 0 aromatic heterocycles. The highest BCUT2D eigenvalue weighted by Crippen LogP contribution is 2.41. The van der Waals surface area contributed by atoms with E-state index in [9.17, 15) is 0 Å². The van der Waals surface area contributed by atoms with Crippen LogP contribution in [0, 0.1) is 0 Å². The largest absolute Gasteiger partial charge is 0.384 e. The van der Waals surface area contributed by atoms with Crippen LogP contribution in [-0.2, 0) is 8.85 Å². The minimum atomic E-state index is -2.35. The topological polar surface area (TPSA) is 18.5 Å². The summed E-state index contributed by atoms with van der Waals surface area (Å²) in [6, 6.07) is 10.4. The molecule has 0 saturated carbocycles. The van der Waals surface area contributed by atoms with Crippen LogP contribution < -0.4 is 0 Å². The Labute approximate surface area is 136 Å². The third-order valence-corrected chi connectivity index (χ3v) is 8.71. The molecular formula is C19H28O2Si. The van der Waals surface area contributed by atoms with E-state index >= 15 is 0 Å². The van der Waals surface area contributed by atoms with Gasteiger partial charge in [0.15, 0.2) is 0 Å². The van der Waals surface area contributed by atoms with Gasteiger partial charge < -0.3 is 8.85 Å². The molecule has 120 valence electrons. The fourth-order valence-electron chi connectivity index (χ4n) is 3.05. The molecule has 2 nitrogen and oxygen atoms in total. The second-order valence-electron chi connectivity index (χ2n) is 6.47. The Bertz CT molecular complexity index is 511. The lowest BCUT2D eigenvalue weighted by Crippen LogP contribution is -2.49. The number of benzene rings is 1. The van der Waals surface area contributed by atoms with E-state index in [0.717, 1.165) is 0 Å². The summed E-state index contributed by atoms with van der Waals surface area (Å²) in [5.41, 5.74) is 1.99. The van der Waals surface area contributed by atoms with Gasteiger partial charge in [-0.1, -0.05) is 82.3 Å². The molecule has 0 radical (unpaired) electrons. The van der Waals surface area contributed by atoms with Crippen LogP contribution in [0.25, 0.3) is 0 Å². The molecule has 0 unspecified atom stereocenters. The van der Waals surface area contributed by atoms with Crippen LogP contribution in [0.15, 0.2) is 54.6 Å². The summed E-state index contributed by atoms with van der Waals surface area (Å²) < 4.78 is 13.2. The van der Waals surface area contributed by atoms with E-state index in [4.69, 9.17) is 8.85 Å². The highest BCUT2D eigenvalue weighted by molar-refractivity contribution is 6.70. The van der Waals surface area contributed by atoms with Crippen LogP contribution in [0.1, 0.15) is 46.3 Å². The fraction of sp³-hybridized carbons (Fsp3) is 0.474. The van der Waals surface area contributed by atoms with E-state index < -0.39 is 8.56 Å². The molecule has 0 saturated heterocycles. The van der Waals surface area contributed by atoms with Crippen molar-refractivity contribution in [3.8, 4) is 0 Å². The van der Waals surface area contributed by atoms with Crippen LogP contribution in [0.5, 0.6) is 0 Å². The van der Waals surface area contributed by atoms with E-state index in [-0.39, 0.29) is 12.2 Å². The van der Waals surface area contributed by atoms with Crippen molar-refractivity contribution in [2.24, 2.45) is 0 Å². The first kappa shape index (κ1) is 17.2. The average molecular weight is 317 g/mol. The van der Waals surface area contributed by atoms with Crippen LogP contribution in [0.2, 0.25) is 11.1 Å². The normalized spacial score (nSPS) is 25.0. The Morgan fingerprint density at radius 3 is 2.14 bits per heavy atom. The van der Waals surface area contributed by atoms with Crippen molar-refractivity contribution >= 4 is 8.56 Å². The molecule has 1 aliphatic heterocycles. The highest BCUT2D eigenvalue weighted by atomic mass is 28.4. The summed E-state index contributed by atoms with van der Waals surface area (Å²) in [6.45, 7) is 10.9. The van der Waals surface area contributed by atoms with Gasteiger partial charge in [-0.3, -0.25) is 0 Å². The molecule has 0 bridgehead atoms. The van der Waals surface area contributed by atoms with Gasteiger partial charge in [0.1, 0.15) is 0 Å². The van der Waals surface area contributed by atoms with Crippen LogP contribution >= 0.6 is 0 Å². The van der Waals surface area contributed by atoms with E-state index in [1.807, 2.05) is 13.0 Å². The Balaban J connectivity index is 2.42. The summed E-state index contributed by atoms with van der Waals surface area (Å²) in [7, 11) is -2.35. The van der Waals surface area contributed by atoms with Crippen LogP contribution in [0.4, 0.5) is 0 Å². The monoisotopic (exact) mass is 316 g/mol. The minimum Gasteiger partial charge on any atom is -0.384 e. The summed E-state index contributed by atoms with van der Waals surface area (Å²) in [4.78, 5) is 0. The van der Waals surface area contributed by atoms with E-state index in [0.29, 0.717) is 11.1 Å². The molecule has 2 rings (SSSR count). The quantitative estimate of drug-likeness (QED) is 0.536. The lowest BCUT2D eigenvalue weighted by atomic mass is 10.1. The van der Waals surface area contributed by atoms with Gasteiger partial charge in [0, 0.05) is 0 Å². The molecule has 2 atom stereocenters. The van der Waals surface area contributed by atoms with Gasteiger partial charge in [-0.2, -0.15) is 0 Å². The maximum atomic E-state index is 6.68. The van der Waals surface area contributed by atoms with Crippen molar-refractivity contribution in [2.45, 2.75) is 57.9 Å². The standard InChI is InChI=1S/C19H28O2Si/c1-6-10-18-13-14-19(17-11-8-7-9-12-17)21-22(20-18,15(2)3)16(4)5/h6-16,18-19H,1-5H3/b10-6+/t18-,19+/m0/s1. The Morgan fingerprint density at radius 2 is 1.59 bits per heavy atom. The predicted octanol–water partition coefficient (Wildman–Crippen LogP) is 5.54. The second kappa shape index (κ2) is 7.40. The van der Waals surface area contributed by atoms with E-state index in [2.05, 4.69) is 76.3 Å². The van der Waals surface area contributed by atoms with Crippen molar-refractivity contribution in [1.29, 1.82) is 0 Å². The molecule has 1 aliphatic rings. The zero-order chi connectivity index (χ0) is 16.2. The van der Waals surface area contributed by atoms with Gasteiger partial charge in [-0.25, -0.2) is 0 Å². The molecule has 0 N–H and O–H groups in total. The number of rotatable bonds is 4. The van der Waals surface area contributed by atoms with Gasteiger partial charge in [0.05, 0.1) is 12.2 Å². The first-order chi connectivity index (χ1) is 10.5. The van der Waals surface area contributed by atoms with E-state index in [1.54, 1.807) is 0 Å². The Kier molecular flexibility index (Phi) is 5.79. The SMILES string of the molecule is C/C=C/[C@H]1C=C[C@H](c2ccccc2)O[Si](C(C)C)(C(C)C)O1. The Hall–Kier alpha value is -1.16.